The molecule has 0 radical (unpaired) electrons. The molecule has 0 aromatic heterocycles. The first kappa shape index (κ1) is 21.4. The van der Waals surface area contributed by atoms with Crippen LogP contribution >= 0.6 is 0 Å². The van der Waals surface area contributed by atoms with Crippen LogP contribution in [0.3, 0.4) is 0 Å². The van der Waals surface area contributed by atoms with E-state index >= 15 is 0 Å². The highest BCUT2D eigenvalue weighted by atomic mass is 16.7. The Kier molecular flexibility index (Phi) is 9.81. The van der Waals surface area contributed by atoms with Gasteiger partial charge >= 0.3 is 5.97 Å². The molecule has 0 aromatic rings. The van der Waals surface area contributed by atoms with Gasteiger partial charge in [-0.25, -0.2) is 4.79 Å². The summed E-state index contributed by atoms with van der Waals surface area (Å²) in [5.74, 6) is 0.563. The van der Waals surface area contributed by atoms with Crippen LogP contribution in [-0.4, -0.2) is 49.6 Å². The van der Waals surface area contributed by atoms with Crippen molar-refractivity contribution in [1.29, 1.82) is 0 Å². The maximum absolute atomic E-state index is 12.1. The minimum atomic E-state index is -1.61. The van der Waals surface area contributed by atoms with Gasteiger partial charge in [0.25, 0.3) is 6.29 Å². The summed E-state index contributed by atoms with van der Waals surface area (Å²) >= 11 is 0. The van der Waals surface area contributed by atoms with E-state index in [9.17, 15) is 9.90 Å². The van der Waals surface area contributed by atoms with Crippen molar-refractivity contribution in [2.75, 3.05) is 19.8 Å². The third-order valence-corrected chi connectivity index (χ3v) is 4.53. The van der Waals surface area contributed by atoms with Crippen LogP contribution in [0.2, 0.25) is 0 Å². The number of esters is 1. The number of ether oxygens (including phenoxy) is 4. The second kappa shape index (κ2) is 11.0. The van der Waals surface area contributed by atoms with Gasteiger partial charge in [-0.2, -0.15) is 0 Å². The molecule has 1 fully saturated rings. The fourth-order valence-electron chi connectivity index (χ4n) is 3.21. The van der Waals surface area contributed by atoms with E-state index < -0.39 is 18.5 Å². The van der Waals surface area contributed by atoms with Crippen molar-refractivity contribution in [3.63, 3.8) is 0 Å². The van der Waals surface area contributed by atoms with Crippen molar-refractivity contribution in [1.82, 2.24) is 0 Å². The molecule has 0 spiro atoms. The lowest BCUT2D eigenvalue weighted by Crippen LogP contribution is -2.40. The quantitative estimate of drug-likeness (QED) is 0.484. The second-order valence-electron chi connectivity index (χ2n) is 6.83. The average molecular weight is 346 g/mol. The SMILES string of the molecule is CCOC(CO[C@H](O)C(=O)O[C@@H]1C[C@H](C)CC[C@H]1C(C)C)OCC. The van der Waals surface area contributed by atoms with E-state index in [2.05, 4.69) is 20.8 Å². The Labute approximate surface area is 145 Å². The van der Waals surface area contributed by atoms with Gasteiger partial charge in [0.15, 0.2) is 6.29 Å². The first-order valence-electron chi connectivity index (χ1n) is 9.12. The molecule has 142 valence electrons. The fourth-order valence-corrected chi connectivity index (χ4v) is 3.21. The lowest BCUT2D eigenvalue weighted by Gasteiger charge is -2.37. The van der Waals surface area contributed by atoms with Gasteiger partial charge in [0.05, 0.1) is 0 Å². The first-order chi connectivity index (χ1) is 11.4. The molecule has 0 heterocycles. The van der Waals surface area contributed by atoms with Crippen LogP contribution in [0.1, 0.15) is 53.9 Å². The maximum atomic E-state index is 12.1. The highest BCUT2D eigenvalue weighted by Gasteiger charge is 2.35. The molecule has 1 aliphatic rings. The number of aliphatic hydroxyl groups is 1. The van der Waals surface area contributed by atoms with Crippen molar-refractivity contribution in [2.45, 2.75) is 72.6 Å². The molecule has 1 saturated carbocycles. The average Bonchev–Trinajstić information content (AvgIpc) is 2.52. The highest BCUT2D eigenvalue weighted by molar-refractivity contribution is 5.73. The van der Waals surface area contributed by atoms with Gasteiger partial charge in [-0.15, -0.1) is 0 Å². The number of rotatable bonds is 10. The molecule has 1 N–H and O–H groups in total. The van der Waals surface area contributed by atoms with E-state index in [1.54, 1.807) is 0 Å². The molecule has 4 atom stereocenters. The third kappa shape index (κ3) is 7.05. The molecule has 0 saturated heterocycles. The highest BCUT2D eigenvalue weighted by Crippen LogP contribution is 2.35. The molecule has 1 aliphatic carbocycles. The normalized spacial score (nSPS) is 25.9. The van der Waals surface area contributed by atoms with Gasteiger partial charge in [0.1, 0.15) is 12.7 Å². The van der Waals surface area contributed by atoms with Gasteiger partial charge in [0.2, 0.25) is 0 Å². The summed E-state index contributed by atoms with van der Waals surface area (Å²) in [7, 11) is 0. The zero-order valence-corrected chi connectivity index (χ0v) is 15.7. The Morgan fingerprint density at radius 1 is 1.12 bits per heavy atom. The van der Waals surface area contributed by atoms with Crippen molar-refractivity contribution >= 4 is 5.97 Å². The summed E-state index contributed by atoms with van der Waals surface area (Å²) in [6, 6.07) is 0. The molecule has 6 heteroatoms. The molecular formula is C18H34O6. The van der Waals surface area contributed by atoms with E-state index in [1.165, 1.54) is 0 Å². The third-order valence-electron chi connectivity index (χ3n) is 4.53. The summed E-state index contributed by atoms with van der Waals surface area (Å²) in [6.07, 6.45) is 0.667. The van der Waals surface area contributed by atoms with Crippen LogP contribution in [0, 0.1) is 17.8 Å². The molecule has 24 heavy (non-hydrogen) atoms. The minimum Gasteiger partial charge on any atom is -0.458 e. The molecule has 0 bridgehead atoms. The van der Waals surface area contributed by atoms with Crippen LogP contribution in [0.15, 0.2) is 0 Å². The molecular weight excluding hydrogens is 312 g/mol. The summed E-state index contributed by atoms with van der Waals surface area (Å²) in [6.45, 7) is 11.0. The maximum Gasteiger partial charge on any atom is 0.363 e. The van der Waals surface area contributed by atoms with Crippen LogP contribution in [0.5, 0.6) is 0 Å². The smallest absolute Gasteiger partial charge is 0.363 e. The van der Waals surface area contributed by atoms with Crippen molar-refractivity contribution in [3.05, 3.63) is 0 Å². The van der Waals surface area contributed by atoms with Crippen LogP contribution < -0.4 is 0 Å². The zero-order chi connectivity index (χ0) is 18.1. The first-order valence-corrected chi connectivity index (χ1v) is 9.12. The molecule has 6 nitrogen and oxygen atoms in total. The summed E-state index contributed by atoms with van der Waals surface area (Å²) in [5, 5.41) is 9.92. The van der Waals surface area contributed by atoms with E-state index in [0.717, 1.165) is 19.3 Å². The number of hydrogen-bond donors (Lipinski definition) is 1. The number of hydrogen-bond acceptors (Lipinski definition) is 6. The Hall–Kier alpha value is -0.690. The topological polar surface area (TPSA) is 74.2 Å². The van der Waals surface area contributed by atoms with Crippen LogP contribution in [0.4, 0.5) is 0 Å². The Morgan fingerprint density at radius 2 is 1.75 bits per heavy atom. The molecule has 0 unspecified atom stereocenters. The Bertz CT molecular complexity index is 353. The van der Waals surface area contributed by atoms with Crippen LogP contribution in [-0.2, 0) is 23.7 Å². The zero-order valence-electron chi connectivity index (χ0n) is 15.7. The summed E-state index contributed by atoms with van der Waals surface area (Å²) in [5.41, 5.74) is 0. The van der Waals surface area contributed by atoms with E-state index in [0.29, 0.717) is 31.0 Å². The standard InChI is InChI=1S/C18H34O6/c1-6-21-16(22-7-2)11-23-17(19)18(20)24-15-10-13(5)8-9-14(15)12(3)4/h12-17,19H,6-11H2,1-5H3/t13-,14+,15-,17+/m1/s1. The Balaban J connectivity index is 2.49. The monoisotopic (exact) mass is 346 g/mol. The van der Waals surface area contributed by atoms with Gasteiger partial charge in [0, 0.05) is 13.2 Å². The van der Waals surface area contributed by atoms with Crippen molar-refractivity contribution < 1.29 is 28.8 Å². The van der Waals surface area contributed by atoms with E-state index in [1.807, 2.05) is 13.8 Å². The molecule has 0 amide bonds. The Morgan fingerprint density at radius 3 is 2.29 bits per heavy atom. The fraction of sp³-hybridized carbons (Fsp3) is 0.944. The molecule has 0 aliphatic heterocycles. The predicted molar refractivity (Wildman–Crippen MR) is 90.2 cm³/mol. The van der Waals surface area contributed by atoms with Gasteiger partial charge in [-0.3, -0.25) is 0 Å². The summed E-state index contributed by atoms with van der Waals surface area (Å²) in [4.78, 5) is 12.1. The largest absolute Gasteiger partial charge is 0.458 e. The van der Waals surface area contributed by atoms with E-state index in [4.69, 9.17) is 18.9 Å². The molecule has 1 rings (SSSR count). The van der Waals surface area contributed by atoms with Crippen LogP contribution in [0.25, 0.3) is 0 Å². The lowest BCUT2D eigenvalue weighted by molar-refractivity contribution is -0.220. The van der Waals surface area contributed by atoms with Crippen molar-refractivity contribution in [2.24, 2.45) is 17.8 Å². The number of carbonyl (C=O) groups excluding carboxylic acids is 1. The lowest BCUT2D eigenvalue weighted by atomic mass is 9.75. The van der Waals surface area contributed by atoms with Gasteiger partial charge in [-0.05, 0) is 44.4 Å². The summed E-state index contributed by atoms with van der Waals surface area (Å²) < 4.78 is 21.3. The number of carbonyl (C=O) groups is 1. The predicted octanol–water partition coefficient (Wildman–Crippen LogP) is 2.72. The van der Waals surface area contributed by atoms with Crippen molar-refractivity contribution in [3.8, 4) is 0 Å². The van der Waals surface area contributed by atoms with Gasteiger partial charge in [-0.1, -0.05) is 27.2 Å². The van der Waals surface area contributed by atoms with E-state index in [-0.39, 0.29) is 12.7 Å². The number of aliphatic hydroxyl groups excluding tert-OH is 1. The van der Waals surface area contributed by atoms with Gasteiger partial charge < -0.3 is 24.1 Å². The molecule has 0 aromatic carbocycles. The minimum absolute atomic E-state index is 0.0212. The second-order valence-corrected chi connectivity index (χ2v) is 6.83.